The Hall–Kier alpha value is -1.70. The molecule has 0 aliphatic heterocycles. The molecule has 0 aromatic rings. The van der Waals surface area contributed by atoms with Gasteiger partial charge in [-0.05, 0) is 20.3 Å². The van der Waals surface area contributed by atoms with Crippen LogP contribution < -0.4 is 10.6 Å². The van der Waals surface area contributed by atoms with E-state index in [9.17, 15) is 9.59 Å². The fourth-order valence-electron chi connectivity index (χ4n) is 1.05. The van der Waals surface area contributed by atoms with Gasteiger partial charge in [-0.25, -0.2) is 4.79 Å². The monoisotopic (exact) mass is 226 g/mol. The first-order valence-corrected chi connectivity index (χ1v) is 5.09. The minimum Gasteiger partial charge on any atom is -0.481 e. The second-order valence-electron chi connectivity index (χ2n) is 4.07. The summed E-state index contributed by atoms with van der Waals surface area (Å²) >= 11 is 0. The van der Waals surface area contributed by atoms with Gasteiger partial charge in [-0.1, -0.05) is 12.8 Å². The molecule has 5 nitrogen and oxygen atoms in total. The van der Waals surface area contributed by atoms with Crippen LogP contribution >= 0.6 is 0 Å². The molecule has 0 spiro atoms. The Kier molecular flexibility index (Phi) is 5.37. The molecule has 0 aliphatic carbocycles. The average Bonchev–Trinajstić information content (AvgIpc) is 2.15. The molecule has 0 heterocycles. The molecular weight excluding hydrogens is 208 g/mol. The van der Waals surface area contributed by atoms with Crippen molar-refractivity contribution in [3.63, 3.8) is 0 Å². The smallest absolute Gasteiger partial charge is 0.316 e. The Labute approximate surface area is 95.6 Å². The van der Waals surface area contributed by atoms with Crippen LogP contribution in [0.2, 0.25) is 0 Å². The van der Waals surface area contributed by atoms with Gasteiger partial charge in [-0.3, -0.25) is 4.79 Å². The van der Waals surface area contributed by atoms with E-state index >= 15 is 0 Å². The standard InChI is InChI=1S/C11H18N2O3/c1-5-8(7-9(14)15)12-10(16)13-11(3,4)6-2/h2,8H,5,7H2,1,3-4H3,(H,14,15)(H2,12,13,16). The highest BCUT2D eigenvalue weighted by molar-refractivity contribution is 5.76. The largest absolute Gasteiger partial charge is 0.481 e. The maximum atomic E-state index is 11.5. The Morgan fingerprint density at radius 2 is 2.06 bits per heavy atom. The van der Waals surface area contributed by atoms with Crippen molar-refractivity contribution in [3.8, 4) is 12.3 Å². The van der Waals surface area contributed by atoms with E-state index in [1.54, 1.807) is 20.8 Å². The van der Waals surface area contributed by atoms with Crippen molar-refractivity contribution in [3.05, 3.63) is 0 Å². The summed E-state index contributed by atoms with van der Waals surface area (Å²) in [7, 11) is 0. The van der Waals surface area contributed by atoms with Crippen LogP contribution in [0.25, 0.3) is 0 Å². The van der Waals surface area contributed by atoms with Crippen molar-refractivity contribution in [2.75, 3.05) is 0 Å². The van der Waals surface area contributed by atoms with Crippen LogP contribution in [0.5, 0.6) is 0 Å². The second-order valence-corrected chi connectivity index (χ2v) is 4.07. The molecule has 16 heavy (non-hydrogen) atoms. The van der Waals surface area contributed by atoms with Gasteiger partial charge < -0.3 is 15.7 Å². The van der Waals surface area contributed by atoms with Crippen LogP contribution in [0, 0.1) is 12.3 Å². The summed E-state index contributed by atoms with van der Waals surface area (Å²) in [6.07, 6.45) is 5.67. The van der Waals surface area contributed by atoms with Gasteiger partial charge in [0, 0.05) is 6.04 Å². The van der Waals surface area contributed by atoms with E-state index < -0.39 is 17.5 Å². The Bertz CT molecular complexity index is 305. The summed E-state index contributed by atoms with van der Waals surface area (Å²) in [5.74, 6) is 1.47. The molecule has 0 aromatic heterocycles. The van der Waals surface area contributed by atoms with Crippen LogP contribution in [0.4, 0.5) is 4.79 Å². The van der Waals surface area contributed by atoms with Gasteiger partial charge in [0.05, 0.1) is 12.0 Å². The number of rotatable bonds is 5. The maximum Gasteiger partial charge on any atom is 0.316 e. The second kappa shape index (κ2) is 6.01. The van der Waals surface area contributed by atoms with E-state index in [1.807, 2.05) is 0 Å². The number of carbonyl (C=O) groups is 2. The molecule has 0 saturated heterocycles. The molecule has 5 heteroatoms. The fraction of sp³-hybridized carbons (Fsp3) is 0.636. The summed E-state index contributed by atoms with van der Waals surface area (Å²) in [5, 5.41) is 13.7. The van der Waals surface area contributed by atoms with Crippen LogP contribution in [-0.4, -0.2) is 28.7 Å². The molecule has 0 fully saturated rings. The first-order chi connectivity index (χ1) is 7.30. The van der Waals surface area contributed by atoms with E-state index in [0.29, 0.717) is 6.42 Å². The number of nitrogens with one attached hydrogen (secondary N) is 2. The number of urea groups is 1. The molecule has 1 unspecified atom stereocenters. The third-order valence-electron chi connectivity index (χ3n) is 2.04. The minimum atomic E-state index is -0.941. The minimum absolute atomic E-state index is 0.0968. The fourth-order valence-corrected chi connectivity index (χ4v) is 1.05. The van der Waals surface area contributed by atoms with Gasteiger partial charge in [0.15, 0.2) is 0 Å². The van der Waals surface area contributed by atoms with Crippen molar-refractivity contribution in [2.24, 2.45) is 0 Å². The number of carbonyl (C=O) groups excluding carboxylic acids is 1. The molecular formula is C11H18N2O3. The van der Waals surface area contributed by atoms with Gasteiger partial charge in [0.1, 0.15) is 0 Å². The predicted octanol–water partition coefficient (Wildman–Crippen LogP) is 0.951. The Morgan fingerprint density at radius 3 is 2.44 bits per heavy atom. The van der Waals surface area contributed by atoms with Gasteiger partial charge in [0.2, 0.25) is 0 Å². The molecule has 0 aromatic carbocycles. The highest BCUT2D eigenvalue weighted by Gasteiger charge is 2.19. The van der Waals surface area contributed by atoms with Crippen molar-refractivity contribution in [1.29, 1.82) is 0 Å². The maximum absolute atomic E-state index is 11.5. The number of hydrogen-bond donors (Lipinski definition) is 3. The average molecular weight is 226 g/mol. The van der Waals surface area contributed by atoms with E-state index in [0.717, 1.165) is 0 Å². The molecule has 0 saturated carbocycles. The van der Waals surface area contributed by atoms with Crippen molar-refractivity contribution >= 4 is 12.0 Å². The third-order valence-corrected chi connectivity index (χ3v) is 2.04. The lowest BCUT2D eigenvalue weighted by Crippen LogP contribution is -2.50. The molecule has 1 atom stereocenters. The third kappa shape index (κ3) is 5.91. The summed E-state index contributed by atoms with van der Waals surface area (Å²) in [4.78, 5) is 21.9. The van der Waals surface area contributed by atoms with Crippen LogP contribution in [0.15, 0.2) is 0 Å². The molecule has 90 valence electrons. The number of hydrogen-bond acceptors (Lipinski definition) is 2. The topological polar surface area (TPSA) is 78.4 Å². The first kappa shape index (κ1) is 14.3. The van der Waals surface area contributed by atoms with Crippen LogP contribution in [0.3, 0.4) is 0 Å². The quantitative estimate of drug-likeness (QED) is 0.611. The first-order valence-electron chi connectivity index (χ1n) is 5.09. The Morgan fingerprint density at radius 1 is 1.50 bits per heavy atom. The zero-order valence-corrected chi connectivity index (χ0v) is 9.83. The van der Waals surface area contributed by atoms with Gasteiger partial charge >= 0.3 is 12.0 Å². The summed E-state index contributed by atoms with van der Waals surface area (Å²) < 4.78 is 0. The molecule has 0 aliphatic rings. The molecule has 0 bridgehead atoms. The SMILES string of the molecule is C#CC(C)(C)NC(=O)NC(CC)CC(=O)O. The summed E-state index contributed by atoms with van der Waals surface area (Å²) in [6, 6.07) is -0.831. The summed E-state index contributed by atoms with van der Waals surface area (Å²) in [6.45, 7) is 5.18. The van der Waals surface area contributed by atoms with Crippen molar-refractivity contribution in [2.45, 2.75) is 45.2 Å². The van der Waals surface area contributed by atoms with E-state index in [4.69, 9.17) is 11.5 Å². The molecule has 3 N–H and O–H groups in total. The number of carboxylic acid groups (broad SMARTS) is 1. The zero-order valence-electron chi connectivity index (χ0n) is 9.83. The highest BCUT2D eigenvalue weighted by atomic mass is 16.4. The van der Waals surface area contributed by atoms with E-state index in [1.165, 1.54) is 0 Å². The Balaban J connectivity index is 4.22. The van der Waals surface area contributed by atoms with Crippen LogP contribution in [0.1, 0.15) is 33.6 Å². The number of amides is 2. The van der Waals surface area contributed by atoms with Crippen molar-refractivity contribution in [1.82, 2.24) is 10.6 Å². The number of aliphatic carboxylic acids is 1. The molecule has 0 rings (SSSR count). The summed E-state index contributed by atoms with van der Waals surface area (Å²) in [5.41, 5.74) is -0.744. The normalized spacial score (nSPS) is 12.4. The van der Waals surface area contributed by atoms with Gasteiger partial charge in [-0.2, -0.15) is 0 Å². The van der Waals surface area contributed by atoms with Gasteiger partial charge in [0.25, 0.3) is 0 Å². The van der Waals surface area contributed by atoms with Gasteiger partial charge in [-0.15, -0.1) is 6.42 Å². The lowest BCUT2D eigenvalue weighted by Gasteiger charge is -2.22. The molecule has 0 radical (unpaired) electrons. The van der Waals surface area contributed by atoms with Crippen LogP contribution in [-0.2, 0) is 4.79 Å². The zero-order chi connectivity index (χ0) is 12.8. The van der Waals surface area contributed by atoms with E-state index in [2.05, 4.69) is 16.6 Å². The number of terminal acetylenes is 1. The highest BCUT2D eigenvalue weighted by Crippen LogP contribution is 2.01. The predicted molar refractivity (Wildman–Crippen MR) is 60.9 cm³/mol. The molecule has 2 amide bonds. The van der Waals surface area contributed by atoms with Crippen molar-refractivity contribution < 1.29 is 14.7 Å². The lowest BCUT2D eigenvalue weighted by molar-refractivity contribution is -0.137. The number of carboxylic acids is 1. The lowest BCUT2D eigenvalue weighted by atomic mass is 10.1. The van der Waals surface area contributed by atoms with E-state index in [-0.39, 0.29) is 12.5 Å².